The minimum Gasteiger partial charge on any atom is -0.359 e. The van der Waals surface area contributed by atoms with Gasteiger partial charge in [-0.1, -0.05) is 12.1 Å². The molecule has 2 fully saturated rings. The first kappa shape index (κ1) is 23.6. The third kappa shape index (κ3) is 6.45. The van der Waals surface area contributed by atoms with Gasteiger partial charge in [-0.15, -0.1) is 0 Å². The van der Waals surface area contributed by atoms with E-state index in [-0.39, 0.29) is 24.3 Å². The SMILES string of the molecule is CCNC(=NCc1ccc(C(=O)N2CCNC(=O)C2)cc1)N1CCC(CC(=O)NC)CC1. The van der Waals surface area contributed by atoms with Crippen molar-refractivity contribution in [2.75, 3.05) is 46.3 Å². The van der Waals surface area contributed by atoms with Crippen molar-refractivity contribution in [3.63, 3.8) is 0 Å². The van der Waals surface area contributed by atoms with Gasteiger partial charge in [-0.3, -0.25) is 14.4 Å². The molecule has 2 aliphatic heterocycles. The Balaban J connectivity index is 1.56. The highest BCUT2D eigenvalue weighted by atomic mass is 16.2. The van der Waals surface area contributed by atoms with Gasteiger partial charge in [-0.05, 0) is 43.4 Å². The molecule has 32 heavy (non-hydrogen) atoms. The average Bonchev–Trinajstić information content (AvgIpc) is 2.82. The van der Waals surface area contributed by atoms with Gasteiger partial charge in [0.2, 0.25) is 11.8 Å². The van der Waals surface area contributed by atoms with Gasteiger partial charge >= 0.3 is 0 Å². The zero-order valence-electron chi connectivity index (χ0n) is 19.0. The molecular weight excluding hydrogens is 408 g/mol. The molecule has 0 aliphatic carbocycles. The van der Waals surface area contributed by atoms with Gasteiger partial charge in [-0.25, -0.2) is 4.99 Å². The number of nitrogens with zero attached hydrogens (tertiary/aromatic N) is 3. The molecule has 9 heteroatoms. The number of benzene rings is 1. The Morgan fingerprint density at radius 1 is 1.12 bits per heavy atom. The number of carbonyl (C=O) groups is 3. The van der Waals surface area contributed by atoms with E-state index in [1.165, 1.54) is 0 Å². The van der Waals surface area contributed by atoms with E-state index in [1.54, 1.807) is 24.1 Å². The maximum atomic E-state index is 12.6. The van der Waals surface area contributed by atoms with E-state index >= 15 is 0 Å². The van der Waals surface area contributed by atoms with Crippen molar-refractivity contribution >= 4 is 23.7 Å². The predicted molar refractivity (Wildman–Crippen MR) is 123 cm³/mol. The number of amides is 3. The van der Waals surface area contributed by atoms with Crippen LogP contribution in [0.5, 0.6) is 0 Å². The maximum absolute atomic E-state index is 12.6. The van der Waals surface area contributed by atoms with E-state index in [1.807, 2.05) is 12.1 Å². The van der Waals surface area contributed by atoms with Crippen LogP contribution in [0.25, 0.3) is 0 Å². The number of hydrogen-bond acceptors (Lipinski definition) is 4. The number of nitrogens with one attached hydrogen (secondary N) is 3. The highest BCUT2D eigenvalue weighted by Crippen LogP contribution is 2.20. The second-order valence-corrected chi connectivity index (χ2v) is 8.25. The maximum Gasteiger partial charge on any atom is 0.254 e. The van der Waals surface area contributed by atoms with E-state index in [0.29, 0.717) is 37.5 Å². The molecule has 1 aromatic rings. The fourth-order valence-electron chi connectivity index (χ4n) is 4.05. The first-order valence-electron chi connectivity index (χ1n) is 11.4. The summed E-state index contributed by atoms with van der Waals surface area (Å²) in [6.07, 6.45) is 2.54. The number of likely N-dealkylation sites (tertiary alicyclic amines) is 1. The molecule has 3 rings (SSSR count). The highest BCUT2D eigenvalue weighted by Gasteiger charge is 2.24. The lowest BCUT2D eigenvalue weighted by Gasteiger charge is -2.34. The zero-order valence-corrected chi connectivity index (χ0v) is 19.0. The lowest BCUT2D eigenvalue weighted by atomic mass is 9.93. The zero-order chi connectivity index (χ0) is 22.9. The number of carbonyl (C=O) groups excluding carboxylic acids is 3. The van der Waals surface area contributed by atoms with Gasteiger partial charge in [0.1, 0.15) is 0 Å². The summed E-state index contributed by atoms with van der Waals surface area (Å²) >= 11 is 0. The van der Waals surface area contributed by atoms with Gasteiger partial charge in [0, 0.05) is 51.8 Å². The fraction of sp³-hybridized carbons (Fsp3) is 0.565. The number of guanidine groups is 1. The summed E-state index contributed by atoms with van der Waals surface area (Å²) in [6.45, 7) is 6.24. The highest BCUT2D eigenvalue weighted by molar-refractivity contribution is 5.97. The molecule has 0 spiro atoms. The van der Waals surface area contributed by atoms with Crippen LogP contribution in [0.4, 0.5) is 0 Å². The first-order valence-corrected chi connectivity index (χ1v) is 11.4. The molecule has 3 amide bonds. The van der Waals surface area contributed by atoms with Crippen LogP contribution in [0.1, 0.15) is 42.1 Å². The molecule has 174 valence electrons. The summed E-state index contributed by atoms with van der Waals surface area (Å²) in [5, 5.41) is 8.80. The van der Waals surface area contributed by atoms with E-state index in [9.17, 15) is 14.4 Å². The van der Waals surface area contributed by atoms with Crippen LogP contribution in [0.15, 0.2) is 29.3 Å². The van der Waals surface area contributed by atoms with Crippen molar-refractivity contribution in [2.24, 2.45) is 10.9 Å². The molecule has 2 aliphatic rings. The van der Waals surface area contributed by atoms with Crippen LogP contribution in [-0.4, -0.2) is 79.8 Å². The van der Waals surface area contributed by atoms with Crippen LogP contribution < -0.4 is 16.0 Å². The molecule has 0 aromatic heterocycles. The average molecular weight is 443 g/mol. The number of rotatable bonds is 6. The van der Waals surface area contributed by atoms with E-state index in [0.717, 1.165) is 44.0 Å². The van der Waals surface area contributed by atoms with Crippen molar-refractivity contribution in [3.05, 3.63) is 35.4 Å². The van der Waals surface area contributed by atoms with Gasteiger partial charge in [0.15, 0.2) is 5.96 Å². The number of piperidine rings is 1. The largest absolute Gasteiger partial charge is 0.359 e. The smallest absolute Gasteiger partial charge is 0.254 e. The predicted octanol–water partition coefficient (Wildman–Crippen LogP) is 0.572. The van der Waals surface area contributed by atoms with E-state index < -0.39 is 0 Å². The molecule has 0 bridgehead atoms. The van der Waals surface area contributed by atoms with Crippen LogP contribution in [0, 0.1) is 5.92 Å². The molecule has 0 atom stereocenters. The molecule has 0 radical (unpaired) electrons. The van der Waals surface area contributed by atoms with Crippen LogP contribution >= 0.6 is 0 Å². The first-order chi connectivity index (χ1) is 15.5. The van der Waals surface area contributed by atoms with E-state index in [4.69, 9.17) is 4.99 Å². The molecule has 0 saturated carbocycles. The Labute approximate surface area is 189 Å². The van der Waals surface area contributed by atoms with Crippen molar-refractivity contribution in [1.29, 1.82) is 0 Å². The molecule has 1 aromatic carbocycles. The van der Waals surface area contributed by atoms with Gasteiger partial charge < -0.3 is 25.8 Å². The topological polar surface area (TPSA) is 106 Å². The lowest BCUT2D eigenvalue weighted by molar-refractivity contribution is -0.123. The van der Waals surface area contributed by atoms with Crippen LogP contribution in [0.3, 0.4) is 0 Å². The third-order valence-electron chi connectivity index (χ3n) is 5.94. The summed E-state index contributed by atoms with van der Waals surface area (Å²) in [5.74, 6) is 1.16. The summed E-state index contributed by atoms with van der Waals surface area (Å²) in [5.41, 5.74) is 1.60. The summed E-state index contributed by atoms with van der Waals surface area (Å²) in [6, 6.07) is 7.44. The summed E-state index contributed by atoms with van der Waals surface area (Å²) < 4.78 is 0. The Bertz CT molecular complexity index is 831. The van der Waals surface area contributed by atoms with Crippen LogP contribution in [0.2, 0.25) is 0 Å². The van der Waals surface area contributed by atoms with Crippen LogP contribution in [-0.2, 0) is 16.1 Å². The Kier molecular flexibility index (Phi) is 8.47. The van der Waals surface area contributed by atoms with Crippen molar-refractivity contribution in [3.8, 4) is 0 Å². The Morgan fingerprint density at radius 2 is 1.84 bits per heavy atom. The van der Waals surface area contributed by atoms with Gasteiger partial charge in [0.25, 0.3) is 5.91 Å². The molecule has 2 saturated heterocycles. The van der Waals surface area contributed by atoms with Crippen molar-refractivity contribution < 1.29 is 14.4 Å². The molecule has 0 unspecified atom stereocenters. The quantitative estimate of drug-likeness (QED) is 0.441. The van der Waals surface area contributed by atoms with Gasteiger partial charge in [-0.2, -0.15) is 0 Å². The number of aliphatic imine (C=N–C) groups is 1. The van der Waals surface area contributed by atoms with Crippen molar-refractivity contribution in [1.82, 2.24) is 25.8 Å². The minimum absolute atomic E-state index is 0.106. The minimum atomic E-state index is -0.122. The molecule has 2 heterocycles. The number of hydrogen-bond donors (Lipinski definition) is 3. The lowest BCUT2D eigenvalue weighted by Crippen LogP contribution is -2.49. The second kappa shape index (κ2) is 11.5. The van der Waals surface area contributed by atoms with Gasteiger partial charge in [0.05, 0.1) is 13.1 Å². The Hall–Kier alpha value is -3.10. The Morgan fingerprint density at radius 3 is 2.47 bits per heavy atom. The standard InChI is InChI=1S/C23H34N6O3/c1-3-25-23(28-11-8-17(9-12-28)14-20(30)24-2)27-15-18-4-6-19(7-5-18)22(32)29-13-10-26-21(31)16-29/h4-7,17H,3,8-16H2,1-2H3,(H,24,30)(H,25,27)(H,26,31). The monoisotopic (exact) mass is 442 g/mol. The third-order valence-corrected chi connectivity index (χ3v) is 5.94. The molecular formula is C23H34N6O3. The second-order valence-electron chi connectivity index (χ2n) is 8.25. The fourth-order valence-corrected chi connectivity index (χ4v) is 4.05. The van der Waals surface area contributed by atoms with E-state index in [2.05, 4.69) is 27.8 Å². The molecule has 9 nitrogen and oxygen atoms in total. The normalized spacial score (nSPS) is 17.7. The van der Waals surface area contributed by atoms with Crippen molar-refractivity contribution in [2.45, 2.75) is 32.7 Å². The summed E-state index contributed by atoms with van der Waals surface area (Å²) in [4.78, 5) is 44.4. The summed E-state index contributed by atoms with van der Waals surface area (Å²) in [7, 11) is 1.68. The number of piperazine rings is 1. The molecule has 3 N–H and O–H groups in total.